The molecule has 3 rings (SSSR count). The maximum absolute atomic E-state index is 12.4. The van der Waals surface area contributed by atoms with E-state index in [1.54, 1.807) is 25.2 Å². The molecule has 0 spiro atoms. The van der Waals surface area contributed by atoms with Crippen molar-refractivity contribution >= 4 is 17.4 Å². The standard InChI is InChI=1S/C19H17NO5/c1-20-16-10-14(24-11-13-6-4-3-5-7-13)8-9-15(16)17(23-2)18(19(20)22)25-12-21/h3-10,12H,11H2,1-2H3. The molecule has 0 radical (unpaired) electrons. The molecule has 1 heterocycles. The zero-order valence-electron chi connectivity index (χ0n) is 13.9. The molecule has 6 heteroatoms. The van der Waals surface area contributed by atoms with Crippen LogP contribution >= 0.6 is 0 Å². The average Bonchev–Trinajstić information content (AvgIpc) is 2.65. The van der Waals surface area contributed by atoms with Gasteiger partial charge in [-0.25, -0.2) is 0 Å². The lowest BCUT2D eigenvalue weighted by Gasteiger charge is -2.14. The van der Waals surface area contributed by atoms with E-state index < -0.39 is 5.56 Å². The fraction of sp³-hybridized carbons (Fsp3) is 0.158. The zero-order valence-corrected chi connectivity index (χ0v) is 13.9. The van der Waals surface area contributed by atoms with Gasteiger partial charge >= 0.3 is 0 Å². The summed E-state index contributed by atoms with van der Waals surface area (Å²) >= 11 is 0. The molecule has 3 aromatic rings. The van der Waals surface area contributed by atoms with E-state index in [9.17, 15) is 9.59 Å². The Labute approximate surface area is 144 Å². The van der Waals surface area contributed by atoms with E-state index in [-0.39, 0.29) is 18.0 Å². The Bertz CT molecular complexity index is 963. The van der Waals surface area contributed by atoms with Crippen molar-refractivity contribution in [3.05, 3.63) is 64.4 Å². The second-order valence-electron chi connectivity index (χ2n) is 5.39. The largest absolute Gasteiger partial charge is 0.492 e. The molecule has 0 N–H and O–H groups in total. The van der Waals surface area contributed by atoms with Gasteiger partial charge in [0.25, 0.3) is 12.0 Å². The molecule has 0 amide bonds. The third kappa shape index (κ3) is 3.19. The van der Waals surface area contributed by atoms with Crippen LogP contribution in [0.3, 0.4) is 0 Å². The first kappa shape index (κ1) is 16.6. The number of fused-ring (bicyclic) bond motifs is 1. The molecule has 0 unspecified atom stereocenters. The lowest BCUT2D eigenvalue weighted by atomic mass is 10.1. The maximum Gasteiger partial charge on any atom is 0.298 e. The molecule has 6 nitrogen and oxygen atoms in total. The Hall–Kier alpha value is -3.28. The summed E-state index contributed by atoms with van der Waals surface area (Å²) in [6.45, 7) is 0.631. The van der Waals surface area contributed by atoms with E-state index in [2.05, 4.69) is 0 Å². The summed E-state index contributed by atoms with van der Waals surface area (Å²) in [5.41, 5.74) is 1.20. The summed E-state index contributed by atoms with van der Waals surface area (Å²) in [7, 11) is 3.02. The molecule has 1 aromatic heterocycles. The van der Waals surface area contributed by atoms with Crippen LogP contribution in [0.5, 0.6) is 17.2 Å². The van der Waals surface area contributed by atoms with Gasteiger partial charge in [0.15, 0.2) is 5.75 Å². The van der Waals surface area contributed by atoms with E-state index in [1.807, 2.05) is 30.3 Å². The first-order valence-electron chi connectivity index (χ1n) is 7.63. The normalized spacial score (nSPS) is 10.5. The first-order chi connectivity index (χ1) is 12.2. The highest BCUT2D eigenvalue weighted by molar-refractivity contribution is 5.89. The number of benzene rings is 2. The van der Waals surface area contributed by atoms with Crippen LogP contribution in [0.25, 0.3) is 10.9 Å². The van der Waals surface area contributed by atoms with E-state index in [0.717, 1.165) is 5.56 Å². The fourth-order valence-electron chi connectivity index (χ4n) is 2.65. The summed E-state index contributed by atoms with van der Waals surface area (Å²) in [5.74, 6) is 0.711. The molecule has 0 atom stereocenters. The highest BCUT2D eigenvalue weighted by Gasteiger charge is 2.18. The van der Waals surface area contributed by atoms with Gasteiger partial charge in [-0.15, -0.1) is 0 Å². The molecule has 0 aliphatic rings. The van der Waals surface area contributed by atoms with Crippen LogP contribution in [0.4, 0.5) is 0 Å². The Kier molecular flexibility index (Phi) is 4.70. The van der Waals surface area contributed by atoms with E-state index in [0.29, 0.717) is 23.3 Å². The minimum Gasteiger partial charge on any atom is -0.492 e. The monoisotopic (exact) mass is 339 g/mol. The number of ether oxygens (including phenoxy) is 3. The maximum atomic E-state index is 12.4. The van der Waals surface area contributed by atoms with Gasteiger partial charge in [-0.3, -0.25) is 9.59 Å². The number of carbonyl (C=O) groups is 1. The molecular weight excluding hydrogens is 322 g/mol. The summed E-state index contributed by atoms with van der Waals surface area (Å²) in [6.07, 6.45) is 0. The number of rotatable bonds is 6. The number of carbonyl (C=O) groups excluding carboxylic acids is 1. The highest BCUT2D eigenvalue weighted by Crippen LogP contribution is 2.33. The van der Waals surface area contributed by atoms with Crippen LogP contribution in [0.1, 0.15) is 5.56 Å². The minimum absolute atomic E-state index is 0.134. The minimum atomic E-state index is -0.461. The van der Waals surface area contributed by atoms with Gasteiger partial charge in [-0.2, -0.15) is 0 Å². The summed E-state index contributed by atoms with van der Waals surface area (Å²) in [4.78, 5) is 23.1. The Morgan fingerprint density at radius 1 is 1.08 bits per heavy atom. The van der Waals surface area contributed by atoms with Gasteiger partial charge in [-0.1, -0.05) is 30.3 Å². The SMILES string of the molecule is COc1c(OC=O)c(=O)n(C)c2cc(OCc3ccccc3)ccc12. The van der Waals surface area contributed by atoms with Crippen molar-refractivity contribution < 1.29 is 19.0 Å². The molecule has 0 saturated heterocycles. The number of aryl methyl sites for hydroxylation is 1. The number of methoxy groups -OCH3 is 1. The predicted molar refractivity (Wildman–Crippen MR) is 93.2 cm³/mol. The number of pyridine rings is 1. The van der Waals surface area contributed by atoms with Gasteiger partial charge in [0.1, 0.15) is 12.4 Å². The van der Waals surface area contributed by atoms with Crippen molar-refractivity contribution in [3.63, 3.8) is 0 Å². The lowest BCUT2D eigenvalue weighted by Crippen LogP contribution is -2.20. The summed E-state index contributed by atoms with van der Waals surface area (Å²) in [6, 6.07) is 15.1. The summed E-state index contributed by atoms with van der Waals surface area (Å²) < 4.78 is 17.3. The molecule has 2 aromatic carbocycles. The van der Waals surface area contributed by atoms with Crippen LogP contribution in [0.15, 0.2) is 53.3 Å². The molecule has 25 heavy (non-hydrogen) atoms. The van der Waals surface area contributed by atoms with Gasteiger partial charge in [0.2, 0.25) is 5.75 Å². The Morgan fingerprint density at radius 2 is 1.84 bits per heavy atom. The quantitative estimate of drug-likeness (QED) is 0.646. The third-order valence-electron chi connectivity index (χ3n) is 3.90. The van der Waals surface area contributed by atoms with Crippen LogP contribution in [0, 0.1) is 0 Å². The fourth-order valence-corrected chi connectivity index (χ4v) is 2.65. The van der Waals surface area contributed by atoms with Crippen LogP contribution in [-0.4, -0.2) is 18.1 Å². The van der Waals surface area contributed by atoms with Gasteiger partial charge < -0.3 is 18.8 Å². The van der Waals surface area contributed by atoms with E-state index >= 15 is 0 Å². The average molecular weight is 339 g/mol. The van der Waals surface area contributed by atoms with Crippen molar-refractivity contribution in [2.45, 2.75) is 6.61 Å². The lowest BCUT2D eigenvalue weighted by molar-refractivity contribution is -0.120. The van der Waals surface area contributed by atoms with Crippen molar-refractivity contribution in [1.29, 1.82) is 0 Å². The highest BCUT2D eigenvalue weighted by atomic mass is 16.5. The van der Waals surface area contributed by atoms with E-state index in [4.69, 9.17) is 14.2 Å². The van der Waals surface area contributed by atoms with E-state index in [1.165, 1.54) is 11.7 Å². The van der Waals surface area contributed by atoms with Crippen LogP contribution < -0.4 is 19.8 Å². The molecule has 0 aliphatic heterocycles. The molecule has 0 fully saturated rings. The van der Waals surface area contributed by atoms with Crippen LogP contribution in [0.2, 0.25) is 0 Å². The smallest absolute Gasteiger partial charge is 0.298 e. The van der Waals surface area contributed by atoms with Crippen LogP contribution in [-0.2, 0) is 18.4 Å². The topological polar surface area (TPSA) is 66.8 Å². The molecule has 128 valence electrons. The van der Waals surface area contributed by atoms with Crippen molar-refractivity contribution in [1.82, 2.24) is 4.57 Å². The first-order valence-corrected chi connectivity index (χ1v) is 7.63. The molecular formula is C19H17NO5. The second-order valence-corrected chi connectivity index (χ2v) is 5.39. The van der Waals surface area contributed by atoms with Gasteiger partial charge in [0.05, 0.1) is 12.6 Å². The third-order valence-corrected chi connectivity index (χ3v) is 3.90. The number of aromatic nitrogens is 1. The number of hydrogen-bond donors (Lipinski definition) is 0. The molecule has 0 bridgehead atoms. The zero-order chi connectivity index (χ0) is 17.8. The number of nitrogens with zero attached hydrogens (tertiary/aromatic N) is 1. The molecule has 0 saturated carbocycles. The van der Waals surface area contributed by atoms with Gasteiger partial charge in [-0.05, 0) is 17.7 Å². The Balaban J connectivity index is 2.02. The Morgan fingerprint density at radius 3 is 2.52 bits per heavy atom. The van der Waals surface area contributed by atoms with Gasteiger partial charge in [0, 0.05) is 18.5 Å². The molecule has 0 aliphatic carbocycles. The summed E-state index contributed by atoms with van der Waals surface area (Å²) in [5, 5.41) is 0.647. The number of hydrogen-bond acceptors (Lipinski definition) is 5. The second kappa shape index (κ2) is 7.09. The predicted octanol–water partition coefficient (Wildman–Crippen LogP) is 2.66. The van der Waals surface area contributed by atoms with Crippen molar-refractivity contribution in [2.24, 2.45) is 7.05 Å². The van der Waals surface area contributed by atoms with Crippen molar-refractivity contribution in [3.8, 4) is 17.2 Å². The van der Waals surface area contributed by atoms with Crippen molar-refractivity contribution in [2.75, 3.05) is 7.11 Å².